The molecule has 0 spiro atoms. The smallest absolute Gasteiger partial charge is 0.323 e. The second-order valence-electron chi connectivity index (χ2n) is 6.15. The second kappa shape index (κ2) is 18.7. The standard InChI is InChI=1S/C15H29NO3.C3H7NO2/c1-3-4-5-6-7-8-9-10-11-12-14(17)16(2)13-15(18)19;1-4-2-3(5)6/h3-13H2,1-2H3,(H,18,19);4H,2H2,1H3,(H,5,6). The highest BCUT2D eigenvalue weighted by Crippen LogP contribution is 2.10. The van der Waals surface area contributed by atoms with Crippen molar-refractivity contribution in [1.29, 1.82) is 0 Å². The predicted octanol–water partition coefficient (Wildman–Crippen LogP) is 2.74. The first-order valence-corrected chi connectivity index (χ1v) is 9.17. The number of unbranched alkanes of at least 4 members (excludes halogenated alkanes) is 8. The lowest BCUT2D eigenvalue weighted by Gasteiger charge is -2.14. The van der Waals surface area contributed by atoms with Gasteiger partial charge in [0.25, 0.3) is 0 Å². The Bertz CT molecular complexity index is 361. The molecule has 0 rings (SSSR count). The van der Waals surface area contributed by atoms with Crippen molar-refractivity contribution in [2.45, 2.75) is 71.1 Å². The Hall–Kier alpha value is -1.63. The van der Waals surface area contributed by atoms with Crippen LogP contribution in [-0.2, 0) is 14.4 Å². The lowest BCUT2D eigenvalue weighted by Crippen LogP contribution is -2.31. The fourth-order valence-corrected chi connectivity index (χ4v) is 2.22. The summed E-state index contributed by atoms with van der Waals surface area (Å²) < 4.78 is 0. The average molecular weight is 360 g/mol. The third-order valence-electron chi connectivity index (χ3n) is 3.62. The van der Waals surface area contributed by atoms with Gasteiger partial charge in [0.1, 0.15) is 6.54 Å². The monoisotopic (exact) mass is 360 g/mol. The van der Waals surface area contributed by atoms with Crippen LogP contribution in [0.1, 0.15) is 71.1 Å². The van der Waals surface area contributed by atoms with E-state index in [1.54, 1.807) is 14.1 Å². The normalized spacial score (nSPS) is 9.88. The average Bonchev–Trinajstić information content (AvgIpc) is 2.53. The zero-order chi connectivity index (χ0) is 19.5. The summed E-state index contributed by atoms with van der Waals surface area (Å²) in [5.41, 5.74) is 0. The molecule has 0 saturated carbocycles. The molecule has 0 bridgehead atoms. The van der Waals surface area contributed by atoms with Gasteiger partial charge in [-0.25, -0.2) is 0 Å². The minimum absolute atomic E-state index is 0.0417. The topological polar surface area (TPSA) is 107 Å². The number of hydrogen-bond acceptors (Lipinski definition) is 4. The van der Waals surface area contributed by atoms with Crippen LogP contribution in [0.4, 0.5) is 0 Å². The number of carboxylic acid groups (broad SMARTS) is 2. The number of carbonyl (C=O) groups is 3. The van der Waals surface area contributed by atoms with E-state index in [9.17, 15) is 14.4 Å². The van der Waals surface area contributed by atoms with Crippen molar-refractivity contribution in [1.82, 2.24) is 10.2 Å². The number of carboxylic acids is 2. The van der Waals surface area contributed by atoms with Crippen LogP contribution in [0.5, 0.6) is 0 Å². The van der Waals surface area contributed by atoms with Gasteiger partial charge < -0.3 is 20.4 Å². The molecule has 0 aromatic rings. The van der Waals surface area contributed by atoms with Crippen LogP contribution in [0.15, 0.2) is 0 Å². The first kappa shape index (κ1) is 25.6. The summed E-state index contributed by atoms with van der Waals surface area (Å²) in [6.45, 7) is 2.06. The molecule has 1 amide bonds. The molecule has 3 N–H and O–H groups in total. The highest BCUT2D eigenvalue weighted by atomic mass is 16.4. The van der Waals surface area contributed by atoms with Gasteiger partial charge in [-0.15, -0.1) is 0 Å². The maximum Gasteiger partial charge on any atom is 0.323 e. The van der Waals surface area contributed by atoms with Crippen LogP contribution in [0, 0.1) is 0 Å². The summed E-state index contributed by atoms with van der Waals surface area (Å²) in [6.07, 6.45) is 11.4. The van der Waals surface area contributed by atoms with Gasteiger partial charge in [0, 0.05) is 13.5 Å². The lowest BCUT2D eigenvalue weighted by molar-refractivity contribution is -0.143. The molecule has 0 aromatic carbocycles. The van der Waals surface area contributed by atoms with Crippen LogP contribution < -0.4 is 5.32 Å². The SMILES string of the molecule is CCCCCCCCCCCC(=O)N(C)CC(=O)O.CNCC(=O)O. The van der Waals surface area contributed by atoms with Crippen molar-refractivity contribution in [3.05, 3.63) is 0 Å². The number of nitrogens with zero attached hydrogens (tertiary/aromatic N) is 1. The molecule has 0 atom stereocenters. The van der Waals surface area contributed by atoms with Crippen molar-refractivity contribution in [3.8, 4) is 0 Å². The van der Waals surface area contributed by atoms with Crippen molar-refractivity contribution >= 4 is 17.8 Å². The highest BCUT2D eigenvalue weighted by molar-refractivity contribution is 5.80. The minimum atomic E-state index is -0.956. The summed E-state index contributed by atoms with van der Waals surface area (Å²) >= 11 is 0. The molecule has 0 aliphatic carbocycles. The third kappa shape index (κ3) is 22.4. The van der Waals surface area contributed by atoms with E-state index >= 15 is 0 Å². The molecular formula is C18H36N2O5. The Morgan fingerprint density at radius 3 is 1.68 bits per heavy atom. The van der Waals surface area contributed by atoms with E-state index in [0.29, 0.717) is 6.42 Å². The molecule has 25 heavy (non-hydrogen) atoms. The van der Waals surface area contributed by atoms with Crippen LogP contribution in [0.2, 0.25) is 0 Å². The van der Waals surface area contributed by atoms with E-state index in [2.05, 4.69) is 12.2 Å². The van der Waals surface area contributed by atoms with Gasteiger partial charge in [0.05, 0.1) is 6.54 Å². The van der Waals surface area contributed by atoms with Crippen LogP contribution >= 0.6 is 0 Å². The minimum Gasteiger partial charge on any atom is -0.480 e. The summed E-state index contributed by atoms with van der Waals surface area (Å²) in [4.78, 5) is 32.8. The van der Waals surface area contributed by atoms with Gasteiger partial charge in [-0.2, -0.15) is 0 Å². The maximum absolute atomic E-state index is 11.5. The van der Waals surface area contributed by atoms with E-state index in [1.165, 1.54) is 49.8 Å². The van der Waals surface area contributed by atoms with Crippen molar-refractivity contribution in [3.63, 3.8) is 0 Å². The van der Waals surface area contributed by atoms with Crippen LogP contribution in [0.25, 0.3) is 0 Å². The van der Waals surface area contributed by atoms with Gasteiger partial charge in [-0.3, -0.25) is 14.4 Å². The van der Waals surface area contributed by atoms with E-state index in [1.807, 2.05) is 0 Å². The summed E-state index contributed by atoms with van der Waals surface area (Å²) in [7, 11) is 3.14. The maximum atomic E-state index is 11.5. The molecule has 0 aromatic heterocycles. The van der Waals surface area contributed by atoms with Gasteiger partial charge in [-0.1, -0.05) is 58.3 Å². The van der Waals surface area contributed by atoms with E-state index in [-0.39, 0.29) is 19.0 Å². The zero-order valence-electron chi connectivity index (χ0n) is 16.1. The number of hydrogen-bond donors (Lipinski definition) is 3. The van der Waals surface area contributed by atoms with E-state index < -0.39 is 11.9 Å². The van der Waals surface area contributed by atoms with Gasteiger partial charge in [0.15, 0.2) is 0 Å². The van der Waals surface area contributed by atoms with Crippen molar-refractivity contribution in [2.75, 3.05) is 27.2 Å². The Kier molecular flexibility index (Phi) is 19.2. The molecule has 0 aliphatic rings. The molecule has 0 fully saturated rings. The summed E-state index contributed by atoms with van der Waals surface area (Å²) in [5, 5.41) is 18.9. The summed E-state index contributed by atoms with van der Waals surface area (Å²) in [6, 6.07) is 0. The molecule has 0 radical (unpaired) electrons. The third-order valence-corrected chi connectivity index (χ3v) is 3.62. The quantitative estimate of drug-likeness (QED) is 0.411. The Labute approximate surface area is 151 Å². The molecule has 0 heterocycles. The van der Waals surface area contributed by atoms with E-state index in [0.717, 1.165) is 12.8 Å². The number of likely N-dealkylation sites (N-methyl/N-ethyl adjacent to an activating group) is 2. The van der Waals surface area contributed by atoms with Crippen LogP contribution in [-0.4, -0.2) is 60.1 Å². The second-order valence-corrected chi connectivity index (χ2v) is 6.15. The number of aliphatic carboxylic acids is 2. The van der Waals surface area contributed by atoms with Gasteiger partial charge >= 0.3 is 11.9 Å². The first-order chi connectivity index (χ1) is 11.8. The summed E-state index contributed by atoms with van der Waals surface area (Å²) in [5.74, 6) is -1.84. The first-order valence-electron chi connectivity index (χ1n) is 9.17. The van der Waals surface area contributed by atoms with E-state index in [4.69, 9.17) is 10.2 Å². The molecule has 7 heteroatoms. The Morgan fingerprint density at radius 2 is 1.32 bits per heavy atom. The molecular weight excluding hydrogens is 324 g/mol. The van der Waals surface area contributed by atoms with Crippen molar-refractivity contribution < 1.29 is 24.6 Å². The zero-order valence-corrected chi connectivity index (χ0v) is 16.1. The number of nitrogens with one attached hydrogen (secondary N) is 1. The fraction of sp³-hybridized carbons (Fsp3) is 0.833. The molecule has 0 aliphatic heterocycles. The number of amides is 1. The Balaban J connectivity index is 0. The van der Waals surface area contributed by atoms with Gasteiger partial charge in [0.2, 0.25) is 5.91 Å². The predicted molar refractivity (Wildman–Crippen MR) is 98.7 cm³/mol. The lowest BCUT2D eigenvalue weighted by atomic mass is 10.1. The van der Waals surface area contributed by atoms with Gasteiger partial charge in [-0.05, 0) is 13.5 Å². The molecule has 0 unspecified atom stereocenters. The molecule has 7 nitrogen and oxygen atoms in total. The highest BCUT2D eigenvalue weighted by Gasteiger charge is 2.10. The number of rotatable bonds is 14. The fourth-order valence-electron chi connectivity index (χ4n) is 2.22. The van der Waals surface area contributed by atoms with Crippen LogP contribution in [0.3, 0.4) is 0 Å². The van der Waals surface area contributed by atoms with Crippen molar-refractivity contribution in [2.24, 2.45) is 0 Å². The molecule has 0 saturated heterocycles. The Morgan fingerprint density at radius 1 is 0.840 bits per heavy atom. The molecule has 148 valence electrons. The largest absolute Gasteiger partial charge is 0.480 e. The number of carbonyl (C=O) groups excluding carboxylic acids is 1.